The molecule has 0 aliphatic carbocycles. The highest BCUT2D eigenvalue weighted by Crippen LogP contribution is 2.28. The maximum absolute atomic E-state index is 6.12. The van der Waals surface area contributed by atoms with E-state index in [0.717, 1.165) is 0 Å². The van der Waals surface area contributed by atoms with Crippen LogP contribution in [0.4, 0.5) is 0 Å². The van der Waals surface area contributed by atoms with Gasteiger partial charge in [0.25, 0.3) is 0 Å². The summed E-state index contributed by atoms with van der Waals surface area (Å²) in [7, 11) is 0. The number of hydrogen-bond donors (Lipinski definition) is 1. The second-order valence-electron chi connectivity index (χ2n) is 4.46. The van der Waals surface area contributed by atoms with Gasteiger partial charge in [-0.2, -0.15) is 11.3 Å². The summed E-state index contributed by atoms with van der Waals surface area (Å²) in [6.45, 7) is 4.54. The van der Waals surface area contributed by atoms with Crippen LogP contribution in [0.1, 0.15) is 37.8 Å². The number of rotatable bonds is 3. The standard InChI is InChI=1S/C12H20N2S/c1-10(13)12(11-5-8-15-9-11)14-6-3-2-4-7-14/h5,8-10,12H,2-4,6-7,13H2,1H3. The van der Waals surface area contributed by atoms with Crippen molar-refractivity contribution in [1.82, 2.24) is 4.90 Å². The number of nitrogens with two attached hydrogens (primary N) is 1. The smallest absolute Gasteiger partial charge is 0.0504 e. The molecule has 2 nitrogen and oxygen atoms in total. The molecule has 0 amide bonds. The molecular formula is C12H20N2S. The lowest BCUT2D eigenvalue weighted by Gasteiger charge is -2.36. The lowest BCUT2D eigenvalue weighted by atomic mass is 9.99. The van der Waals surface area contributed by atoms with Crippen LogP contribution in [0.3, 0.4) is 0 Å². The van der Waals surface area contributed by atoms with Crippen LogP contribution in [0.5, 0.6) is 0 Å². The first-order valence-corrected chi connectivity index (χ1v) is 6.75. The van der Waals surface area contributed by atoms with Gasteiger partial charge in [0.05, 0.1) is 6.04 Å². The van der Waals surface area contributed by atoms with Crippen molar-refractivity contribution in [1.29, 1.82) is 0 Å². The van der Waals surface area contributed by atoms with Gasteiger partial charge in [-0.05, 0) is 55.2 Å². The van der Waals surface area contributed by atoms with Crippen LogP contribution < -0.4 is 5.73 Å². The zero-order valence-electron chi connectivity index (χ0n) is 9.36. The summed E-state index contributed by atoms with van der Waals surface area (Å²) in [5.74, 6) is 0. The fourth-order valence-electron chi connectivity index (χ4n) is 2.49. The Balaban J connectivity index is 2.12. The maximum atomic E-state index is 6.12. The molecule has 1 saturated heterocycles. The largest absolute Gasteiger partial charge is 0.326 e. The van der Waals surface area contributed by atoms with E-state index in [1.165, 1.54) is 37.9 Å². The molecule has 1 fully saturated rings. The van der Waals surface area contributed by atoms with E-state index < -0.39 is 0 Å². The molecule has 0 spiro atoms. The van der Waals surface area contributed by atoms with E-state index in [4.69, 9.17) is 5.73 Å². The lowest BCUT2D eigenvalue weighted by Crippen LogP contribution is -2.41. The molecule has 1 aromatic rings. The molecule has 15 heavy (non-hydrogen) atoms. The second-order valence-corrected chi connectivity index (χ2v) is 5.24. The first-order chi connectivity index (χ1) is 7.29. The van der Waals surface area contributed by atoms with Crippen molar-refractivity contribution in [3.05, 3.63) is 22.4 Å². The minimum absolute atomic E-state index is 0.220. The molecule has 0 saturated carbocycles. The Morgan fingerprint density at radius 1 is 1.33 bits per heavy atom. The highest BCUT2D eigenvalue weighted by atomic mass is 32.1. The molecule has 2 N–H and O–H groups in total. The molecule has 2 atom stereocenters. The minimum atomic E-state index is 0.220. The van der Waals surface area contributed by atoms with Crippen LogP contribution in [0.25, 0.3) is 0 Å². The molecule has 2 heterocycles. The predicted octanol–water partition coefficient (Wildman–Crippen LogP) is 2.62. The average molecular weight is 224 g/mol. The Bertz CT molecular complexity index is 276. The third-order valence-electron chi connectivity index (χ3n) is 3.17. The van der Waals surface area contributed by atoms with Gasteiger partial charge in [-0.25, -0.2) is 0 Å². The first kappa shape index (κ1) is 11.1. The fraction of sp³-hybridized carbons (Fsp3) is 0.667. The number of nitrogens with zero attached hydrogens (tertiary/aromatic N) is 1. The van der Waals surface area contributed by atoms with E-state index in [0.29, 0.717) is 6.04 Å². The van der Waals surface area contributed by atoms with E-state index in [1.807, 2.05) is 0 Å². The van der Waals surface area contributed by atoms with Crippen molar-refractivity contribution in [2.24, 2.45) is 5.73 Å². The summed E-state index contributed by atoms with van der Waals surface area (Å²) in [5.41, 5.74) is 7.52. The van der Waals surface area contributed by atoms with E-state index >= 15 is 0 Å². The highest BCUT2D eigenvalue weighted by molar-refractivity contribution is 7.07. The molecule has 0 aromatic carbocycles. The Morgan fingerprint density at radius 3 is 2.60 bits per heavy atom. The Labute approximate surface area is 96.1 Å². The van der Waals surface area contributed by atoms with E-state index in [1.54, 1.807) is 11.3 Å². The van der Waals surface area contributed by atoms with Gasteiger partial charge >= 0.3 is 0 Å². The third kappa shape index (κ3) is 2.60. The SMILES string of the molecule is CC(N)C(c1ccsc1)N1CCCCC1. The van der Waals surface area contributed by atoms with Crippen LogP contribution in [-0.2, 0) is 0 Å². The summed E-state index contributed by atoms with van der Waals surface area (Å²) in [6.07, 6.45) is 4.03. The molecule has 2 rings (SSSR count). The summed E-state index contributed by atoms with van der Waals surface area (Å²) in [5, 5.41) is 4.39. The van der Waals surface area contributed by atoms with E-state index in [9.17, 15) is 0 Å². The molecular weight excluding hydrogens is 204 g/mol. The summed E-state index contributed by atoms with van der Waals surface area (Å²) < 4.78 is 0. The zero-order valence-corrected chi connectivity index (χ0v) is 10.2. The average Bonchev–Trinajstić information content (AvgIpc) is 2.72. The van der Waals surface area contributed by atoms with Gasteiger partial charge in [-0.1, -0.05) is 6.42 Å². The van der Waals surface area contributed by atoms with E-state index in [-0.39, 0.29) is 6.04 Å². The molecule has 1 aromatic heterocycles. The second kappa shape index (κ2) is 5.10. The van der Waals surface area contributed by atoms with E-state index in [2.05, 4.69) is 28.7 Å². The van der Waals surface area contributed by atoms with Crippen molar-refractivity contribution < 1.29 is 0 Å². The van der Waals surface area contributed by atoms with Gasteiger partial charge in [-0.15, -0.1) is 0 Å². The topological polar surface area (TPSA) is 29.3 Å². The summed E-state index contributed by atoms with van der Waals surface area (Å²) in [6, 6.07) is 2.86. The number of piperidine rings is 1. The molecule has 84 valence electrons. The quantitative estimate of drug-likeness (QED) is 0.855. The highest BCUT2D eigenvalue weighted by Gasteiger charge is 2.25. The molecule has 1 aliphatic heterocycles. The number of hydrogen-bond acceptors (Lipinski definition) is 3. The monoisotopic (exact) mass is 224 g/mol. The normalized spacial score (nSPS) is 22.5. The van der Waals surface area contributed by atoms with Crippen molar-refractivity contribution in [3.8, 4) is 0 Å². The first-order valence-electron chi connectivity index (χ1n) is 5.81. The van der Waals surface area contributed by atoms with Crippen LogP contribution in [0.2, 0.25) is 0 Å². The molecule has 2 unspecified atom stereocenters. The number of thiophene rings is 1. The molecule has 1 aliphatic rings. The zero-order chi connectivity index (χ0) is 10.7. The Kier molecular flexibility index (Phi) is 3.78. The van der Waals surface area contributed by atoms with Gasteiger partial charge in [-0.3, -0.25) is 4.90 Å². The van der Waals surface area contributed by atoms with Crippen LogP contribution in [0.15, 0.2) is 16.8 Å². The molecule has 0 bridgehead atoms. The lowest BCUT2D eigenvalue weighted by molar-refractivity contribution is 0.147. The Morgan fingerprint density at radius 2 is 2.07 bits per heavy atom. The van der Waals surface area contributed by atoms with Crippen LogP contribution in [-0.4, -0.2) is 24.0 Å². The van der Waals surface area contributed by atoms with Gasteiger partial charge in [0.15, 0.2) is 0 Å². The maximum Gasteiger partial charge on any atom is 0.0504 e. The summed E-state index contributed by atoms with van der Waals surface area (Å²) >= 11 is 1.77. The third-order valence-corrected chi connectivity index (χ3v) is 3.87. The minimum Gasteiger partial charge on any atom is -0.326 e. The van der Waals surface area contributed by atoms with Crippen molar-refractivity contribution in [2.75, 3.05) is 13.1 Å². The van der Waals surface area contributed by atoms with Gasteiger partial charge < -0.3 is 5.73 Å². The van der Waals surface area contributed by atoms with Crippen molar-refractivity contribution in [3.63, 3.8) is 0 Å². The van der Waals surface area contributed by atoms with Crippen molar-refractivity contribution >= 4 is 11.3 Å². The van der Waals surface area contributed by atoms with Gasteiger partial charge in [0.2, 0.25) is 0 Å². The predicted molar refractivity (Wildman–Crippen MR) is 66.1 cm³/mol. The van der Waals surface area contributed by atoms with Crippen molar-refractivity contribution in [2.45, 2.75) is 38.3 Å². The fourth-order valence-corrected chi connectivity index (χ4v) is 3.18. The number of likely N-dealkylation sites (tertiary alicyclic amines) is 1. The molecule has 0 radical (unpaired) electrons. The van der Waals surface area contributed by atoms with Crippen LogP contribution >= 0.6 is 11.3 Å². The summed E-state index contributed by atoms with van der Waals surface area (Å²) in [4.78, 5) is 2.55. The van der Waals surface area contributed by atoms with Gasteiger partial charge in [0.1, 0.15) is 0 Å². The van der Waals surface area contributed by atoms with Crippen LogP contribution in [0, 0.1) is 0 Å². The molecule has 3 heteroatoms. The van der Waals surface area contributed by atoms with Gasteiger partial charge in [0, 0.05) is 6.04 Å². The Hall–Kier alpha value is -0.380.